The van der Waals surface area contributed by atoms with Crippen LogP contribution in [0.15, 0.2) is 0 Å². The highest BCUT2D eigenvalue weighted by Gasteiger charge is 2.05. The van der Waals surface area contributed by atoms with Gasteiger partial charge in [-0.2, -0.15) is 0 Å². The fraction of sp³-hybridized carbons (Fsp3) is 1.00. The van der Waals surface area contributed by atoms with Crippen LogP contribution in [0.25, 0.3) is 0 Å². The van der Waals surface area contributed by atoms with Crippen molar-refractivity contribution in [1.82, 2.24) is 0 Å². The lowest BCUT2D eigenvalue weighted by molar-refractivity contribution is -0.295. The third-order valence-electron chi connectivity index (χ3n) is 1.65. The minimum absolute atomic E-state index is 0.0140. The standard InChI is InChI=1S/C10H22O6/c1-4-14-9(2)7-13-8-16-10(11)15-6-5-12-3/h9-11H,4-8H2,1-3H3. The molecule has 0 rings (SSSR count). The highest BCUT2D eigenvalue weighted by atomic mass is 16.8. The molecule has 0 amide bonds. The fourth-order valence-corrected chi connectivity index (χ4v) is 0.933. The number of aliphatic hydroxyl groups is 1. The van der Waals surface area contributed by atoms with Crippen LogP contribution in [0.2, 0.25) is 0 Å². The Morgan fingerprint density at radius 3 is 2.50 bits per heavy atom. The van der Waals surface area contributed by atoms with E-state index in [1.165, 1.54) is 0 Å². The third-order valence-corrected chi connectivity index (χ3v) is 1.65. The van der Waals surface area contributed by atoms with Crippen LogP contribution in [-0.2, 0) is 23.7 Å². The smallest absolute Gasteiger partial charge is 0.271 e. The molecule has 16 heavy (non-hydrogen) atoms. The molecule has 0 aromatic rings. The predicted octanol–water partition coefficient (Wildman–Crippen LogP) is 0.341. The maximum absolute atomic E-state index is 9.13. The van der Waals surface area contributed by atoms with Crippen molar-refractivity contribution in [3.8, 4) is 0 Å². The summed E-state index contributed by atoms with van der Waals surface area (Å²) >= 11 is 0. The summed E-state index contributed by atoms with van der Waals surface area (Å²) in [4.78, 5) is 0. The van der Waals surface area contributed by atoms with Gasteiger partial charge in [-0.25, -0.2) is 0 Å². The number of aliphatic hydroxyl groups excluding tert-OH is 1. The Labute approximate surface area is 96.4 Å². The summed E-state index contributed by atoms with van der Waals surface area (Å²) < 4.78 is 24.7. The molecule has 2 unspecified atom stereocenters. The van der Waals surface area contributed by atoms with Crippen LogP contribution in [0.3, 0.4) is 0 Å². The molecule has 0 bridgehead atoms. The normalized spacial score (nSPS) is 15.0. The van der Waals surface area contributed by atoms with Gasteiger partial charge in [-0.05, 0) is 13.8 Å². The molecule has 0 aromatic heterocycles. The predicted molar refractivity (Wildman–Crippen MR) is 56.8 cm³/mol. The Kier molecular flexibility index (Phi) is 11.1. The molecule has 0 radical (unpaired) electrons. The van der Waals surface area contributed by atoms with Crippen LogP contribution in [-0.4, -0.2) is 58.0 Å². The largest absolute Gasteiger partial charge is 0.382 e. The van der Waals surface area contributed by atoms with Crippen molar-refractivity contribution in [2.24, 2.45) is 0 Å². The Morgan fingerprint density at radius 2 is 1.88 bits per heavy atom. The first-order valence-electron chi connectivity index (χ1n) is 5.30. The number of methoxy groups -OCH3 is 1. The van der Waals surface area contributed by atoms with E-state index in [4.69, 9.17) is 28.8 Å². The summed E-state index contributed by atoms with van der Waals surface area (Å²) in [5, 5.41) is 9.13. The summed E-state index contributed by atoms with van der Waals surface area (Å²) in [7, 11) is 1.55. The summed E-state index contributed by atoms with van der Waals surface area (Å²) in [5.41, 5.74) is 0. The Hall–Kier alpha value is -0.240. The van der Waals surface area contributed by atoms with Crippen molar-refractivity contribution in [2.75, 3.05) is 40.3 Å². The Bertz CT molecular complexity index is 143. The first kappa shape index (κ1) is 15.8. The molecular weight excluding hydrogens is 216 g/mol. The van der Waals surface area contributed by atoms with Gasteiger partial charge in [0.15, 0.2) is 6.79 Å². The fourth-order valence-electron chi connectivity index (χ4n) is 0.933. The van der Waals surface area contributed by atoms with E-state index in [9.17, 15) is 0 Å². The van der Waals surface area contributed by atoms with Crippen LogP contribution in [0.1, 0.15) is 13.8 Å². The Morgan fingerprint density at radius 1 is 1.12 bits per heavy atom. The monoisotopic (exact) mass is 238 g/mol. The molecule has 0 saturated carbocycles. The van der Waals surface area contributed by atoms with Gasteiger partial charge in [0, 0.05) is 13.7 Å². The first-order valence-corrected chi connectivity index (χ1v) is 5.30. The Balaban J connectivity index is 3.23. The zero-order chi connectivity index (χ0) is 12.2. The molecule has 0 spiro atoms. The lowest BCUT2D eigenvalue weighted by Gasteiger charge is -2.14. The van der Waals surface area contributed by atoms with E-state index in [2.05, 4.69) is 0 Å². The van der Waals surface area contributed by atoms with Gasteiger partial charge in [0.05, 0.1) is 25.9 Å². The molecule has 1 N–H and O–H groups in total. The van der Waals surface area contributed by atoms with Gasteiger partial charge in [-0.1, -0.05) is 0 Å². The second kappa shape index (κ2) is 11.3. The van der Waals surface area contributed by atoms with Crippen LogP contribution in [0, 0.1) is 0 Å². The van der Waals surface area contributed by atoms with E-state index < -0.39 is 6.48 Å². The van der Waals surface area contributed by atoms with Gasteiger partial charge in [-0.3, -0.25) is 0 Å². The maximum atomic E-state index is 9.13. The van der Waals surface area contributed by atoms with Gasteiger partial charge in [0.2, 0.25) is 0 Å². The van der Waals surface area contributed by atoms with E-state index in [1.54, 1.807) is 7.11 Å². The molecule has 0 aliphatic carbocycles. The SMILES string of the molecule is CCOC(C)COCOC(O)OCCOC. The molecule has 0 heterocycles. The van der Waals surface area contributed by atoms with Crippen molar-refractivity contribution in [2.45, 2.75) is 26.4 Å². The highest BCUT2D eigenvalue weighted by Crippen LogP contribution is 1.94. The van der Waals surface area contributed by atoms with Crippen molar-refractivity contribution >= 4 is 0 Å². The van der Waals surface area contributed by atoms with E-state index >= 15 is 0 Å². The second-order valence-electron chi connectivity index (χ2n) is 3.09. The van der Waals surface area contributed by atoms with Crippen LogP contribution in [0.5, 0.6) is 0 Å². The maximum Gasteiger partial charge on any atom is 0.271 e. The molecule has 6 nitrogen and oxygen atoms in total. The summed E-state index contributed by atoms with van der Waals surface area (Å²) in [6, 6.07) is 0. The molecule has 0 saturated heterocycles. The van der Waals surface area contributed by atoms with Crippen molar-refractivity contribution < 1.29 is 28.8 Å². The molecule has 0 aliphatic rings. The van der Waals surface area contributed by atoms with E-state index in [-0.39, 0.29) is 19.5 Å². The zero-order valence-electron chi connectivity index (χ0n) is 10.2. The molecule has 0 fully saturated rings. The molecule has 0 aromatic carbocycles. The second-order valence-corrected chi connectivity index (χ2v) is 3.09. The van der Waals surface area contributed by atoms with Gasteiger partial charge < -0.3 is 28.8 Å². The van der Waals surface area contributed by atoms with Crippen LogP contribution < -0.4 is 0 Å². The third kappa shape index (κ3) is 10.3. The molecule has 6 heteroatoms. The number of hydrogen-bond acceptors (Lipinski definition) is 6. The molecule has 2 atom stereocenters. The molecular formula is C10H22O6. The van der Waals surface area contributed by atoms with Crippen LogP contribution >= 0.6 is 0 Å². The topological polar surface area (TPSA) is 66.4 Å². The quantitative estimate of drug-likeness (QED) is 0.413. The van der Waals surface area contributed by atoms with E-state index in [1.807, 2.05) is 13.8 Å². The lowest BCUT2D eigenvalue weighted by Crippen LogP contribution is -2.22. The van der Waals surface area contributed by atoms with Crippen LogP contribution in [0.4, 0.5) is 0 Å². The van der Waals surface area contributed by atoms with Crippen molar-refractivity contribution in [1.29, 1.82) is 0 Å². The summed E-state index contributed by atoms with van der Waals surface area (Å²) in [6.07, 6.45) is 0.0140. The van der Waals surface area contributed by atoms with Gasteiger partial charge in [0.1, 0.15) is 0 Å². The van der Waals surface area contributed by atoms with Gasteiger partial charge in [-0.15, -0.1) is 0 Å². The summed E-state index contributed by atoms with van der Waals surface area (Å²) in [6.45, 7) is 4.24. The van der Waals surface area contributed by atoms with Crippen molar-refractivity contribution in [3.05, 3.63) is 0 Å². The molecule has 98 valence electrons. The average molecular weight is 238 g/mol. The van der Waals surface area contributed by atoms with E-state index in [0.29, 0.717) is 19.8 Å². The van der Waals surface area contributed by atoms with Gasteiger partial charge >= 0.3 is 0 Å². The van der Waals surface area contributed by atoms with Gasteiger partial charge in [0.25, 0.3) is 6.48 Å². The first-order chi connectivity index (χ1) is 7.70. The minimum atomic E-state index is -1.28. The lowest BCUT2D eigenvalue weighted by atomic mass is 10.4. The van der Waals surface area contributed by atoms with Crippen molar-refractivity contribution in [3.63, 3.8) is 0 Å². The minimum Gasteiger partial charge on any atom is -0.382 e. The zero-order valence-corrected chi connectivity index (χ0v) is 10.2. The average Bonchev–Trinajstić information content (AvgIpc) is 2.25. The summed E-state index contributed by atoms with van der Waals surface area (Å²) in [5.74, 6) is 0. The highest BCUT2D eigenvalue weighted by molar-refractivity contribution is 4.44. The number of rotatable bonds is 11. The molecule has 0 aliphatic heterocycles. The van der Waals surface area contributed by atoms with E-state index in [0.717, 1.165) is 0 Å². The number of hydrogen-bond donors (Lipinski definition) is 1. The number of ether oxygens (including phenoxy) is 5.